The molecule has 1 saturated carbocycles. The van der Waals surface area contributed by atoms with Crippen molar-refractivity contribution >= 4 is 10.0 Å². The average molecular weight is 421 g/mol. The Hall–Kier alpha value is -1.97. The highest BCUT2D eigenvalue weighted by molar-refractivity contribution is 7.89. The van der Waals surface area contributed by atoms with Crippen LogP contribution in [-0.2, 0) is 21.3 Å². The smallest absolute Gasteiger partial charge is 0.346 e. The van der Waals surface area contributed by atoms with Crippen molar-refractivity contribution < 1.29 is 13.2 Å². The molecule has 0 radical (unpaired) electrons. The lowest BCUT2D eigenvalue weighted by atomic mass is 9.99. The van der Waals surface area contributed by atoms with Gasteiger partial charge in [0.15, 0.2) is 0 Å². The molecule has 0 amide bonds. The molecule has 1 aliphatic carbocycles. The summed E-state index contributed by atoms with van der Waals surface area (Å²) in [5.74, 6) is 0.637. The minimum absolute atomic E-state index is 0.0823. The van der Waals surface area contributed by atoms with Crippen molar-refractivity contribution in [2.75, 3.05) is 26.8 Å². The highest BCUT2D eigenvalue weighted by Crippen LogP contribution is 2.37. The number of methoxy groups -OCH3 is 1. The van der Waals surface area contributed by atoms with Gasteiger partial charge in [0.1, 0.15) is 5.82 Å². The van der Waals surface area contributed by atoms with Gasteiger partial charge in [0.2, 0.25) is 10.0 Å². The number of aromatic nitrogens is 3. The van der Waals surface area contributed by atoms with Gasteiger partial charge in [-0.05, 0) is 44.7 Å². The van der Waals surface area contributed by atoms with Gasteiger partial charge in [-0.3, -0.25) is 4.57 Å². The lowest BCUT2D eigenvalue weighted by Gasteiger charge is -2.31. The summed E-state index contributed by atoms with van der Waals surface area (Å²) in [6.07, 6.45) is 3.52. The summed E-state index contributed by atoms with van der Waals surface area (Å²) in [5, 5.41) is 4.60. The summed E-state index contributed by atoms with van der Waals surface area (Å²) >= 11 is 0. The normalized spacial score (nSPS) is 20.8. The number of piperidine rings is 1. The van der Waals surface area contributed by atoms with Crippen LogP contribution >= 0.6 is 0 Å². The first-order valence-corrected chi connectivity index (χ1v) is 11.6. The minimum atomic E-state index is -3.56. The monoisotopic (exact) mass is 420 g/mol. The first-order chi connectivity index (χ1) is 13.9. The van der Waals surface area contributed by atoms with Gasteiger partial charge in [0, 0.05) is 32.2 Å². The topological polar surface area (TPSA) is 86.4 Å². The standard InChI is InChI=1S/C20H28N4O4S/c1-15-5-9-18(10-6-15)29(26,27)22-11-3-4-16(14-22)19-21-23(12-13-28-2)20(25)24(19)17-7-8-17/h5-6,9-10,16-17H,3-4,7-8,11-14H2,1-2H3. The highest BCUT2D eigenvalue weighted by Gasteiger charge is 2.37. The van der Waals surface area contributed by atoms with Crippen molar-refractivity contribution in [3.05, 3.63) is 46.1 Å². The maximum absolute atomic E-state index is 13.1. The molecule has 158 valence electrons. The van der Waals surface area contributed by atoms with Crippen LogP contribution < -0.4 is 5.69 Å². The molecule has 2 aromatic rings. The Morgan fingerprint density at radius 2 is 1.90 bits per heavy atom. The van der Waals surface area contributed by atoms with Crippen molar-refractivity contribution in [3.8, 4) is 0 Å². The van der Waals surface area contributed by atoms with Gasteiger partial charge in [-0.25, -0.2) is 17.9 Å². The summed E-state index contributed by atoms with van der Waals surface area (Å²) in [6, 6.07) is 7.15. The first kappa shape index (κ1) is 20.3. The van der Waals surface area contributed by atoms with E-state index in [-0.39, 0.29) is 17.6 Å². The fourth-order valence-electron chi connectivity index (χ4n) is 3.95. The average Bonchev–Trinajstić information content (AvgIpc) is 3.50. The second-order valence-electron chi connectivity index (χ2n) is 7.97. The first-order valence-electron chi connectivity index (χ1n) is 10.2. The Morgan fingerprint density at radius 3 is 2.55 bits per heavy atom. The number of hydrogen-bond donors (Lipinski definition) is 0. The molecule has 4 rings (SSSR count). The predicted molar refractivity (Wildman–Crippen MR) is 109 cm³/mol. The Kier molecular flexibility index (Phi) is 5.63. The molecule has 2 aliphatic rings. The predicted octanol–water partition coefficient (Wildman–Crippen LogP) is 1.90. The molecule has 1 aromatic carbocycles. The van der Waals surface area contributed by atoms with E-state index in [2.05, 4.69) is 5.10 Å². The largest absolute Gasteiger partial charge is 0.383 e. The van der Waals surface area contributed by atoms with E-state index in [0.29, 0.717) is 31.1 Å². The molecule has 0 N–H and O–H groups in total. The van der Waals surface area contributed by atoms with Crippen molar-refractivity contribution in [1.29, 1.82) is 0 Å². The van der Waals surface area contributed by atoms with Gasteiger partial charge >= 0.3 is 5.69 Å². The van der Waals surface area contributed by atoms with Crippen LogP contribution in [-0.4, -0.2) is 53.9 Å². The molecule has 0 bridgehead atoms. The summed E-state index contributed by atoms with van der Waals surface area (Å²) in [4.78, 5) is 13.1. The Morgan fingerprint density at radius 1 is 1.17 bits per heavy atom. The lowest BCUT2D eigenvalue weighted by Crippen LogP contribution is -2.40. The second kappa shape index (κ2) is 8.04. The number of nitrogens with zero attached hydrogens (tertiary/aromatic N) is 4. The highest BCUT2D eigenvalue weighted by atomic mass is 32.2. The second-order valence-corrected chi connectivity index (χ2v) is 9.91. The third-order valence-corrected chi connectivity index (χ3v) is 7.60. The zero-order valence-corrected chi connectivity index (χ0v) is 17.8. The quantitative estimate of drug-likeness (QED) is 0.683. The van der Waals surface area contributed by atoms with Gasteiger partial charge in [0.05, 0.1) is 18.0 Å². The molecule has 1 saturated heterocycles. The van der Waals surface area contributed by atoms with E-state index in [1.165, 1.54) is 4.68 Å². The zero-order valence-electron chi connectivity index (χ0n) is 17.0. The van der Waals surface area contributed by atoms with E-state index in [1.807, 2.05) is 19.1 Å². The van der Waals surface area contributed by atoms with Gasteiger partial charge in [-0.1, -0.05) is 17.7 Å². The Balaban J connectivity index is 1.62. The van der Waals surface area contributed by atoms with Crippen LogP contribution in [0.3, 0.4) is 0 Å². The maximum atomic E-state index is 13.1. The lowest BCUT2D eigenvalue weighted by molar-refractivity contribution is 0.182. The Labute approximate surface area is 171 Å². The molecule has 2 fully saturated rings. The van der Waals surface area contributed by atoms with E-state index in [1.54, 1.807) is 28.1 Å². The van der Waals surface area contributed by atoms with Crippen LogP contribution in [0, 0.1) is 6.92 Å². The SMILES string of the molecule is COCCn1nc(C2CCCN(S(=O)(=O)c3ccc(C)cc3)C2)n(C2CC2)c1=O. The van der Waals surface area contributed by atoms with E-state index in [4.69, 9.17) is 4.74 Å². The summed E-state index contributed by atoms with van der Waals surface area (Å²) in [5.41, 5.74) is 0.911. The molecular formula is C20H28N4O4S. The van der Waals surface area contributed by atoms with Crippen LogP contribution in [0.5, 0.6) is 0 Å². The van der Waals surface area contributed by atoms with Gasteiger partial charge in [0.25, 0.3) is 0 Å². The van der Waals surface area contributed by atoms with Crippen molar-refractivity contribution in [2.24, 2.45) is 0 Å². The van der Waals surface area contributed by atoms with Crippen molar-refractivity contribution in [2.45, 2.75) is 56.0 Å². The van der Waals surface area contributed by atoms with E-state index in [9.17, 15) is 13.2 Å². The number of hydrogen-bond acceptors (Lipinski definition) is 5. The minimum Gasteiger partial charge on any atom is -0.383 e. The molecule has 1 aromatic heterocycles. The number of rotatable bonds is 7. The van der Waals surface area contributed by atoms with Gasteiger partial charge < -0.3 is 4.74 Å². The van der Waals surface area contributed by atoms with Gasteiger partial charge in [-0.2, -0.15) is 9.40 Å². The summed E-state index contributed by atoms with van der Waals surface area (Å²) in [6.45, 7) is 3.60. The number of ether oxygens (including phenoxy) is 1. The van der Waals surface area contributed by atoms with Crippen LogP contribution in [0.1, 0.15) is 49.0 Å². The molecule has 0 spiro atoms. The van der Waals surface area contributed by atoms with Crippen LogP contribution in [0.2, 0.25) is 0 Å². The molecule has 1 aliphatic heterocycles. The summed E-state index contributed by atoms with van der Waals surface area (Å²) < 4.78 is 36.2. The Bertz CT molecular complexity index is 1020. The van der Waals surface area contributed by atoms with Gasteiger partial charge in [-0.15, -0.1) is 0 Å². The maximum Gasteiger partial charge on any atom is 0.346 e. The van der Waals surface area contributed by atoms with E-state index in [0.717, 1.165) is 37.1 Å². The third-order valence-electron chi connectivity index (χ3n) is 5.72. The number of benzene rings is 1. The van der Waals surface area contributed by atoms with Crippen molar-refractivity contribution in [3.63, 3.8) is 0 Å². The van der Waals surface area contributed by atoms with Crippen LogP contribution in [0.25, 0.3) is 0 Å². The third kappa shape index (κ3) is 4.04. The van der Waals surface area contributed by atoms with E-state index >= 15 is 0 Å². The van der Waals surface area contributed by atoms with Crippen LogP contribution in [0.4, 0.5) is 0 Å². The fourth-order valence-corrected chi connectivity index (χ4v) is 5.47. The zero-order chi connectivity index (χ0) is 20.6. The molecule has 1 unspecified atom stereocenters. The van der Waals surface area contributed by atoms with Crippen LogP contribution in [0.15, 0.2) is 34.0 Å². The molecule has 9 heteroatoms. The molecular weight excluding hydrogens is 392 g/mol. The molecule has 1 atom stereocenters. The molecule has 29 heavy (non-hydrogen) atoms. The summed E-state index contributed by atoms with van der Waals surface area (Å²) in [7, 11) is -1.97. The number of aryl methyl sites for hydroxylation is 1. The molecule has 8 nitrogen and oxygen atoms in total. The van der Waals surface area contributed by atoms with Crippen molar-refractivity contribution in [1.82, 2.24) is 18.7 Å². The van der Waals surface area contributed by atoms with E-state index < -0.39 is 10.0 Å². The molecule has 2 heterocycles. The fraction of sp³-hybridized carbons (Fsp3) is 0.600. The number of sulfonamides is 1.